The van der Waals surface area contributed by atoms with Gasteiger partial charge in [0.15, 0.2) is 5.70 Å². The smallest absolute Gasteiger partial charge is 0.363 e. The van der Waals surface area contributed by atoms with Crippen LogP contribution in [0.4, 0.5) is 4.39 Å². The van der Waals surface area contributed by atoms with Crippen molar-refractivity contribution in [3.8, 4) is 5.75 Å². The molecule has 1 unspecified atom stereocenters. The molecule has 1 atom stereocenters. The zero-order valence-corrected chi connectivity index (χ0v) is 14.0. The molecule has 4 nitrogen and oxygen atoms in total. The van der Waals surface area contributed by atoms with E-state index in [4.69, 9.17) is 9.47 Å². The summed E-state index contributed by atoms with van der Waals surface area (Å²) in [5.41, 5.74) is 1.30. The van der Waals surface area contributed by atoms with E-state index in [1.54, 1.807) is 12.1 Å². The molecule has 1 aliphatic rings. The van der Waals surface area contributed by atoms with Crippen LogP contribution in [0.5, 0.6) is 5.75 Å². The number of carbonyl (C=O) groups excluding carboxylic acids is 1. The van der Waals surface area contributed by atoms with Gasteiger partial charge in [-0.2, -0.15) is 0 Å². The number of para-hydroxylation sites is 1. The maximum Gasteiger partial charge on any atom is 0.363 e. The number of benzene rings is 2. The Labute approximate surface area is 145 Å². The minimum absolute atomic E-state index is 0.0569. The van der Waals surface area contributed by atoms with Crippen LogP contribution in [0.25, 0.3) is 6.08 Å². The predicted octanol–water partition coefficient (Wildman–Crippen LogP) is 4.35. The maximum absolute atomic E-state index is 13.3. The fourth-order valence-electron chi connectivity index (χ4n) is 2.31. The quantitative estimate of drug-likeness (QED) is 0.601. The van der Waals surface area contributed by atoms with Crippen LogP contribution >= 0.6 is 0 Å². The molecule has 2 aromatic rings. The normalized spacial score (nSPS) is 16.5. The van der Waals surface area contributed by atoms with Crippen molar-refractivity contribution in [2.24, 2.45) is 4.99 Å². The van der Waals surface area contributed by atoms with Gasteiger partial charge in [0, 0.05) is 11.1 Å². The Morgan fingerprint density at radius 2 is 2.04 bits per heavy atom. The van der Waals surface area contributed by atoms with Crippen LogP contribution < -0.4 is 4.74 Å². The Hall–Kier alpha value is -2.95. The lowest BCUT2D eigenvalue weighted by atomic mass is 10.1. The molecule has 0 fully saturated rings. The van der Waals surface area contributed by atoms with Gasteiger partial charge in [0.05, 0.1) is 6.10 Å². The zero-order chi connectivity index (χ0) is 17.8. The fraction of sp³-hybridized carbons (Fsp3) is 0.200. The van der Waals surface area contributed by atoms with E-state index in [1.807, 2.05) is 38.1 Å². The average Bonchev–Trinajstić information content (AvgIpc) is 2.97. The highest BCUT2D eigenvalue weighted by Crippen LogP contribution is 2.26. The van der Waals surface area contributed by atoms with Crippen molar-refractivity contribution >= 4 is 17.9 Å². The van der Waals surface area contributed by atoms with Gasteiger partial charge in [0.2, 0.25) is 5.90 Å². The fourth-order valence-corrected chi connectivity index (χ4v) is 2.31. The second-order valence-corrected chi connectivity index (χ2v) is 5.72. The minimum atomic E-state index is -0.572. The number of halogens is 1. The first-order valence-electron chi connectivity index (χ1n) is 8.11. The van der Waals surface area contributed by atoms with Crippen LogP contribution in [0.15, 0.2) is 59.2 Å². The van der Waals surface area contributed by atoms with Crippen LogP contribution in [-0.4, -0.2) is 18.0 Å². The number of hydrogen-bond acceptors (Lipinski definition) is 4. The van der Waals surface area contributed by atoms with Gasteiger partial charge in [-0.25, -0.2) is 14.2 Å². The molecule has 1 heterocycles. The van der Waals surface area contributed by atoms with Crippen LogP contribution in [0.1, 0.15) is 31.4 Å². The molecule has 3 rings (SSSR count). The third kappa shape index (κ3) is 3.94. The van der Waals surface area contributed by atoms with Crippen molar-refractivity contribution in [1.29, 1.82) is 0 Å². The molecular weight excluding hydrogens is 321 g/mol. The molecule has 0 bridgehead atoms. The minimum Gasteiger partial charge on any atom is -0.490 e. The molecule has 128 valence electrons. The number of hydrogen-bond donors (Lipinski definition) is 0. The van der Waals surface area contributed by atoms with Gasteiger partial charge >= 0.3 is 5.97 Å². The van der Waals surface area contributed by atoms with Gasteiger partial charge in [-0.05, 0) is 43.7 Å². The summed E-state index contributed by atoms with van der Waals surface area (Å²) in [6, 6.07) is 13.2. The summed E-state index contributed by atoms with van der Waals surface area (Å²) in [6.45, 7) is 4.02. The van der Waals surface area contributed by atoms with E-state index < -0.39 is 11.8 Å². The number of cyclic esters (lactones) is 1. The molecule has 0 amide bonds. The van der Waals surface area contributed by atoms with Crippen LogP contribution in [-0.2, 0) is 9.53 Å². The van der Waals surface area contributed by atoms with E-state index in [0.29, 0.717) is 11.3 Å². The second kappa shape index (κ2) is 7.30. The van der Waals surface area contributed by atoms with E-state index in [9.17, 15) is 9.18 Å². The number of esters is 1. The number of aliphatic imine (C=N–C) groups is 1. The lowest BCUT2D eigenvalue weighted by Gasteiger charge is -2.14. The highest BCUT2D eigenvalue weighted by atomic mass is 19.1. The van der Waals surface area contributed by atoms with E-state index in [0.717, 1.165) is 12.0 Å². The van der Waals surface area contributed by atoms with Crippen molar-refractivity contribution in [3.05, 3.63) is 71.2 Å². The summed E-state index contributed by atoms with van der Waals surface area (Å²) >= 11 is 0. The molecule has 0 aromatic heterocycles. The molecule has 25 heavy (non-hydrogen) atoms. The van der Waals surface area contributed by atoms with E-state index in [2.05, 4.69) is 4.99 Å². The molecule has 1 aliphatic heterocycles. The standard InChI is InChI=1S/C20H18FNO3/c1-3-13(2)24-18-10-5-4-7-14(18)12-17-20(23)25-19(22-17)15-8-6-9-16(21)11-15/h4-13H,3H2,1-2H3/b17-12-. The number of nitrogens with zero attached hydrogens (tertiary/aromatic N) is 1. The third-order valence-corrected chi connectivity index (χ3v) is 3.81. The molecule has 2 aromatic carbocycles. The van der Waals surface area contributed by atoms with Crippen LogP contribution in [0.3, 0.4) is 0 Å². The Balaban J connectivity index is 1.92. The Bertz CT molecular complexity index is 858. The van der Waals surface area contributed by atoms with Gasteiger partial charge in [0.25, 0.3) is 0 Å². The molecule has 0 radical (unpaired) electrons. The number of carbonyl (C=O) groups is 1. The van der Waals surface area contributed by atoms with Crippen molar-refractivity contribution < 1.29 is 18.7 Å². The van der Waals surface area contributed by atoms with Gasteiger partial charge in [-0.15, -0.1) is 0 Å². The van der Waals surface area contributed by atoms with Crippen molar-refractivity contribution in [1.82, 2.24) is 0 Å². The van der Waals surface area contributed by atoms with Gasteiger partial charge in [0.1, 0.15) is 11.6 Å². The van der Waals surface area contributed by atoms with Crippen LogP contribution in [0, 0.1) is 5.82 Å². The SMILES string of the molecule is CCC(C)Oc1ccccc1/C=C1\N=C(c2cccc(F)c2)OC1=O. The Morgan fingerprint density at radius 3 is 2.80 bits per heavy atom. The lowest BCUT2D eigenvalue weighted by Crippen LogP contribution is -2.10. The van der Waals surface area contributed by atoms with E-state index >= 15 is 0 Å². The monoisotopic (exact) mass is 339 g/mol. The summed E-state index contributed by atoms with van der Waals surface area (Å²) in [5.74, 6) is -0.221. The molecule has 0 saturated carbocycles. The zero-order valence-electron chi connectivity index (χ0n) is 14.0. The topological polar surface area (TPSA) is 47.9 Å². The first-order valence-corrected chi connectivity index (χ1v) is 8.11. The lowest BCUT2D eigenvalue weighted by molar-refractivity contribution is -0.129. The van der Waals surface area contributed by atoms with Gasteiger partial charge in [-0.1, -0.05) is 31.2 Å². The molecule has 0 saturated heterocycles. The van der Waals surface area contributed by atoms with E-state index in [1.165, 1.54) is 18.2 Å². The first-order chi connectivity index (χ1) is 12.1. The van der Waals surface area contributed by atoms with Crippen molar-refractivity contribution in [3.63, 3.8) is 0 Å². The largest absolute Gasteiger partial charge is 0.490 e. The molecule has 0 aliphatic carbocycles. The summed E-state index contributed by atoms with van der Waals surface area (Å²) < 4.78 is 24.4. The average molecular weight is 339 g/mol. The van der Waals surface area contributed by atoms with Crippen molar-refractivity contribution in [2.45, 2.75) is 26.4 Å². The van der Waals surface area contributed by atoms with Crippen LogP contribution in [0.2, 0.25) is 0 Å². The Morgan fingerprint density at radius 1 is 1.24 bits per heavy atom. The molecular formula is C20H18FNO3. The van der Waals surface area contributed by atoms with Gasteiger partial charge in [-0.3, -0.25) is 0 Å². The highest BCUT2D eigenvalue weighted by molar-refractivity contribution is 6.12. The number of rotatable bonds is 5. The number of ether oxygens (including phenoxy) is 2. The van der Waals surface area contributed by atoms with Gasteiger partial charge < -0.3 is 9.47 Å². The summed E-state index contributed by atoms with van der Waals surface area (Å²) in [7, 11) is 0. The molecule has 5 heteroatoms. The highest BCUT2D eigenvalue weighted by Gasteiger charge is 2.24. The maximum atomic E-state index is 13.3. The summed E-state index contributed by atoms with van der Waals surface area (Å²) in [4.78, 5) is 16.3. The summed E-state index contributed by atoms with van der Waals surface area (Å²) in [6.07, 6.45) is 2.54. The Kier molecular flexibility index (Phi) is 4.93. The summed E-state index contributed by atoms with van der Waals surface area (Å²) in [5, 5.41) is 0. The molecule has 0 N–H and O–H groups in total. The predicted molar refractivity (Wildman–Crippen MR) is 93.8 cm³/mol. The van der Waals surface area contributed by atoms with E-state index in [-0.39, 0.29) is 17.7 Å². The first kappa shape index (κ1) is 16.9. The van der Waals surface area contributed by atoms with Crippen molar-refractivity contribution in [2.75, 3.05) is 0 Å². The second-order valence-electron chi connectivity index (χ2n) is 5.72. The molecule has 0 spiro atoms. The third-order valence-electron chi connectivity index (χ3n) is 3.81.